The average molecular weight is 287 g/mol. The molecule has 5 nitrogen and oxygen atoms in total. The van der Waals surface area contributed by atoms with Gasteiger partial charge in [0.15, 0.2) is 0 Å². The molecule has 0 aromatic carbocycles. The van der Waals surface area contributed by atoms with Crippen molar-refractivity contribution in [1.82, 2.24) is 14.5 Å². The molecule has 0 unspecified atom stereocenters. The molecular weight excluding hydrogens is 266 g/mol. The van der Waals surface area contributed by atoms with E-state index < -0.39 is 0 Å². The molecule has 1 aliphatic heterocycles. The summed E-state index contributed by atoms with van der Waals surface area (Å²) in [7, 11) is 0. The van der Waals surface area contributed by atoms with E-state index in [1.807, 2.05) is 27.8 Å². The van der Waals surface area contributed by atoms with Crippen LogP contribution in [0.25, 0.3) is 11.0 Å². The third-order valence-electron chi connectivity index (χ3n) is 4.15. The van der Waals surface area contributed by atoms with Gasteiger partial charge in [0.25, 0.3) is 0 Å². The highest BCUT2D eigenvalue weighted by atomic mass is 16.3. The molecule has 1 fully saturated rings. The Morgan fingerprint density at radius 2 is 2.00 bits per heavy atom. The van der Waals surface area contributed by atoms with Gasteiger partial charge in [0.05, 0.1) is 6.61 Å². The molecule has 0 spiro atoms. The van der Waals surface area contributed by atoms with Crippen LogP contribution in [0.2, 0.25) is 0 Å². The van der Waals surface area contributed by atoms with Crippen molar-refractivity contribution in [2.24, 2.45) is 0 Å². The van der Waals surface area contributed by atoms with Crippen molar-refractivity contribution >= 4 is 16.9 Å². The number of aliphatic hydroxyl groups is 1. The lowest BCUT2D eigenvalue weighted by molar-refractivity contribution is -0.131. The second-order valence-electron chi connectivity index (χ2n) is 5.61. The number of pyridine rings is 1. The zero-order valence-electron chi connectivity index (χ0n) is 12.2. The Hall–Kier alpha value is -1.88. The largest absolute Gasteiger partial charge is 0.392 e. The molecule has 5 heteroatoms. The molecule has 112 valence electrons. The molecule has 1 saturated heterocycles. The number of aromatic nitrogens is 2. The van der Waals surface area contributed by atoms with Crippen LogP contribution < -0.4 is 0 Å². The number of carbonyl (C=O) groups excluding carboxylic acids is 1. The number of likely N-dealkylation sites (tertiary alicyclic amines) is 1. The summed E-state index contributed by atoms with van der Waals surface area (Å²) in [4.78, 5) is 18.8. The Morgan fingerprint density at radius 1 is 1.24 bits per heavy atom. The van der Waals surface area contributed by atoms with Gasteiger partial charge in [-0.25, -0.2) is 4.98 Å². The van der Waals surface area contributed by atoms with Gasteiger partial charge in [0.1, 0.15) is 12.2 Å². The minimum absolute atomic E-state index is 0.0346. The van der Waals surface area contributed by atoms with Crippen molar-refractivity contribution in [3.63, 3.8) is 0 Å². The van der Waals surface area contributed by atoms with Crippen molar-refractivity contribution < 1.29 is 9.90 Å². The quantitative estimate of drug-likeness (QED) is 0.938. The molecule has 2 aromatic rings. The molecule has 1 amide bonds. The van der Waals surface area contributed by atoms with Crippen molar-refractivity contribution in [2.45, 2.75) is 38.8 Å². The number of amides is 1. The minimum Gasteiger partial charge on any atom is -0.392 e. The van der Waals surface area contributed by atoms with Crippen molar-refractivity contribution in [3.05, 3.63) is 30.1 Å². The molecule has 1 N–H and O–H groups in total. The molecule has 2 aromatic heterocycles. The van der Waals surface area contributed by atoms with Crippen molar-refractivity contribution in [1.29, 1.82) is 0 Å². The number of hydrogen-bond acceptors (Lipinski definition) is 3. The molecule has 21 heavy (non-hydrogen) atoms. The first-order valence-electron chi connectivity index (χ1n) is 7.61. The monoisotopic (exact) mass is 287 g/mol. The Balaban J connectivity index is 1.82. The van der Waals surface area contributed by atoms with E-state index in [-0.39, 0.29) is 12.5 Å². The predicted molar refractivity (Wildman–Crippen MR) is 80.7 cm³/mol. The fourth-order valence-corrected chi connectivity index (χ4v) is 3.01. The third-order valence-corrected chi connectivity index (χ3v) is 4.15. The van der Waals surface area contributed by atoms with Crippen LogP contribution in [0.5, 0.6) is 0 Å². The molecule has 1 aliphatic rings. The van der Waals surface area contributed by atoms with Crippen LogP contribution in [0.4, 0.5) is 0 Å². The van der Waals surface area contributed by atoms with Gasteiger partial charge < -0.3 is 14.6 Å². The van der Waals surface area contributed by atoms with E-state index in [4.69, 9.17) is 0 Å². The normalized spacial score (nSPS) is 16.1. The summed E-state index contributed by atoms with van der Waals surface area (Å²) in [6.07, 6.45) is 8.18. The van der Waals surface area contributed by atoms with Gasteiger partial charge in [0.2, 0.25) is 5.91 Å². The van der Waals surface area contributed by atoms with Crippen molar-refractivity contribution in [3.8, 4) is 0 Å². The smallest absolute Gasteiger partial charge is 0.242 e. The number of carbonyl (C=O) groups is 1. The second-order valence-corrected chi connectivity index (χ2v) is 5.61. The summed E-state index contributed by atoms with van der Waals surface area (Å²) in [5.74, 6) is 0.143. The van der Waals surface area contributed by atoms with Crippen LogP contribution >= 0.6 is 0 Å². The molecule has 0 aliphatic carbocycles. The van der Waals surface area contributed by atoms with E-state index >= 15 is 0 Å². The Labute approximate surface area is 124 Å². The summed E-state index contributed by atoms with van der Waals surface area (Å²) in [5, 5.41) is 10.4. The Kier molecular flexibility index (Phi) is 4.20. The lowest BCUT2D eigenvalue weighted by Gasteiger charge is -2.20. The van der Waals surface area contributed by atoms with E-state index in [9.17, 15) is 9.90 Å². The predicted octanol–water partition coefficient (Wildman–Crippen LogP) is 1.93. The van der Waals surface area contributed by atoms with Gasteiger partial charge in [-0.2, -0.15) is 0 Å². The number of aliphatic hydroxyl groups excluding tert-OH is 1. The van der Waals surface area contributed by atoms with Crippen LogP contribution in [0, 0.1) is 0 Å². The van der Waals surface area contributed by atoms with Gasteiger partial charge in [-0.05, 0) is 25.0 Å². The topological polar surface area (TPSA) is 58.4 Å². The van der Waals surface area contributed by atoms with Gasteiger partial charge in [-0.3, -0.25) is 4.79 Å². The van der Waals surface area contributed by atoms with E-state index in [0.717, 1.165) is 42.5 Å². The molecule has 0 atom stereocenters. The van der Waals surface area contributed by atoms with Gasteiger partial charge >= 0.3 is 0 Å². The third kappa shape index (κ3) is 2.93. The zero-order valence-corrected chi connectivity index (χ0v) is 12.2. The van der Waals surface area contributed by atoms with Crippen LogP contribution in [0.15, 0.2) is 24.5 Å². The Bertz CT molecular complexity index is 627. The summed E-state index contributed by atoms with van der Waals surface area (Å²) in [6.45, 7) is 1.98. The summed E-state index contributed by atoms with van der Waals surface area (Å²) >= 11 is 0. The van der Waals surface area contributed by atoms with Crippen LogP contribution in [0.1, 0.15) is 31.2 Å². The molecule has 3 heterocycles. The number of hydrogen-bond donors (Lipinski definition) is 1. The standard InChI is InChI=1S/C16H21N3O2/c20-12-13-10-19(16-14(13)6-5-7-17-16)11-15(21)18-8-3-1-2-4-9-18/h5-7,10,20H,1-4,8-9,11-12H2. The SMILES string of the molecule is O=C(Cn1cc(CO)c2cccnc21)N1CCCCCC1. The van der Waals surface area contributed by atoms with Gasteiger partial charge in [-0.1, -0.05) is 12.8 Å². The number of nitrogens with zero attached hydrogens (tertiary/aromatic N) is 3. The van der Waals surface area contributed by atoms with E-state index in [1.165, 1.54) is 12.8 Å². The zero-order chi connectivity index (χ0) is 14.7. The van der Waals surface area contributed by atoms with E-state index in [1.54, 1.807) is 6.20 Å². The molecule has 3 rings (SSSR count). The van der Waals surface area contributed by atoms with E-state index in [2.05, 4.69) is 4.98 Å². The second kappa shape index (κ2) is 6.26. The lowest BCUT2D eigenvalue weighted by atomic mass is 10.2. The Morgan fingerprint density at radius 3 is 2.71 bits per heavy atom. The van der Waals surface area contributed by atoms with Gasteiger partial charge in [-0.15, -0.1) is 0 Å². The lowest BCUT2D eigenvalue weighted by Crippen LogP contribution is -2.34. The summed E-state index contributed by atoms with van der Waals surface area (Å²) < 4.78 is 1.86. The maximum atomic E-state index is 12.5. The van der Waals surface area contributed by atoms with Gasteiger partial charge in [0, 0.05) is 36.4 Å². The first-order chi connectivity index (χ1) is 10.3. The maximum Gasteiger partial charge on any atom is 0.242 e. The highest BCUT2D eigenvalue weighted by molar-refractivity contribution is 5.83. The molecule has 0 radical (unpaired) electrons. The summed E-state index contributed by atoms with van der Waals surface area (Å²) in [5.41, 5.74) is 1.59. The molecule has 0 saturated carbocycles. The van der Waals surface area contributed by atoms with Crippen LogP contribution in [0.3, 0.4) is 0 Å². The summed E-state index contributed by atoms with van der Waals surface area (Å²) in [6, 6.07) is 3.78. The minimum atomic E-state index is -0.0346. The first-order valence-corrected chi connectivity index (χ1v) is 7.61. The average Bonchev–Trinajstić information content (AvgIpc) is 2.69. The fourth-order valence-electron chi connectivity index (χ4n) is 3.01. The highest BCUT2D eigenvalue weighted by Gasteiger charge is 2.17. The first kappa shape index (κ1) is 14.1. The molecule has 0 bridgehead atoms. The van der Waals surface area contributed by atoms with E-state index in [0.29, 0.717) is 6.54 Å². The van der Waals surface area contributed by atoms with Crippen LogP contribution in [-0.4, -0.2) is 38.6 Å². The number of fused-ring (bicyclic) bond motifs is 1. The van der Waals surface area contributed by atoms with Crippen molar-refractivity contribution in [2.75, 3.05) is 13.1 Å². The van der Waals surface area contributed by atoms with Crippen LogP contribution in [-0.2, 0) is 17.9 Å². The molecular formula is C16H21N3O2. The highest BCUT2D eigenvalue weighted by Crippen LogP contribution is 2.20. The maximum absolute atomic E-state index is 12.5. The fraction of sp³-hybridized carbons (Fsp3) is 0.500. The number of rotatable bonds is 3.